The van der Waals surface area contributed by atoms with Crippen LogP contribution in [0.3, 0.4) is 0 Å². The molecule has 0 spiro atoms. The van der Waals surface area contributed by atoms with Crippen LogP contribution >= 0.6 is 11.3 Å². The molecular weight excluding hydrogens is 374 g/mol. The van der Waals surface area contributed by atoms with Gasteiger partial charge >= 0.3 is 6.61 Å². The maximum Gasteiger partial charge on any atom is 0.388 e. The van der Waals surface area contributed by atoms with Crippen LogP contribution in [0.1, 0.15) is 16.8 Å². The predicted molar refractivity (Wildman–Crippen MR) is 98.2 cm³/mol. The number of pyridine rings is 1. The van der Waals surface area contributed by atoms with Crippen molar-refractivity contribution in [2.24, 2.45) is 0 Å². The first-order chi connectivity index (χ1) is 13.0. The van der Waals surface area contributed by atoms with Gasteiger partial charge < -0.3 is 10.1 Å². The molecule has 7 nitrogen and oxygen atoms in total. The van der Waals surface area contributed by atoms with Crippen molar-refractivity contribution in [2.75, 3.05) is 5.32 Å². The molecule has 0 amide bonds. The van der Waals surface area contributed by atoms with E-state index in [4.69, 9.17) is 0 Å². The van der Waals surface area contributed by atoms with E-state index in [0.29, 0.717) is 12.4 Å². The Labute approximate surface area is 156 Å². The van der Waals surface area contributed by atoms with Crippen molar-refractivity contribution in [2.45, 2.75) is 27.0 Å². The average Bonchev–Trinajstić information content (AvgIpc) is 3.03. The minimum Gasteiger partial charge on any atom is -0.417 e. The number of anilines is 1. The molecule has 138 valence electrons. The summed E-state index contributed by atoms with van der Waals surface area (Å²) < 4.78 is 29.5. The highest BCUT2D eigenvalue weighted by Gasteiger charge is 2.15. The number of hydrogen-bond acceptors (Lipinski definition) is 8. The molecule has 0 aromatic carbocycles. The van der Waals surface area contributed by atoms with E-state index in [1.54, 1.807) is 6.07 Å². The lowest BCUT2D eigenvalue weighted by atomic mass is 10.1. The molecule has 4 aromatic rings. The van der Waals surface area contributed by atoms with Crippen LogP contribution in [0.2, 0.25) is 0 Å². The molecule has 0 aliphatic heterocycles. The number of nitrogens with one attached hydrogen (secondary N) is 1. The fourth-order valence-electron chi connectivity index (χ4n) is 2.67. The van der Waals surface area contributed by atoms with Crippen molar-refractivity contribution in [1.82, 2.24) is 25.1 Å². The van der Waals surface area contributed by atoms with Crippen LogP contribution in [0, 0.1) is 13.8 Å². The van der Waals surface area contributed by atoms with Crippen LogP contribution in [0.25, 0.3) is 20.4 Å². The molecule has 0 atom stereocenters. The maximum atomic E-state index is 12.2. The van der Waals surface area contributed by atoms with E-state index in [9.17, 15) is 8.78 Å². The van der Waals surface area contributed by atoms with E-state index in [0.717, 1.165) is 37.3 Å². The summed E-state index contributed by atoms with van der Waals surface area (Å²) in [4.78, 5) is 13.4. The second-order valence-corrected chi connectivity index (χ2v) is 6.83. The summed E-state index contributed by atoms with van der Waals surface area (Å²) in [7, 11) is 0. The van der Waals surface area contributed by atoms with E-state index >= 15 is 0 Å². The molecule has 4 aromatic heterocycles. The number of thiophene rings is 1. The van der Waals surface area contributed by atoms with Gasteiger partial charge in [0, 0.05) is 24.2 Å². The van der Waals surface area contributed by atoms with Crippen LogP contribution in [0.5, 0.6) is 5.88 Å². The molecule has 0 radical (unpaired) electrons. The molecule has 4 rings (SSSR count). The topological polar surface area (TPSA) is 85.7 Å². The lowest BCUT2D eigenvalue weighted by molar-refractivity contribution is -0.0528. The summed E-state index contributed by atoms with van der Waals surface area (Å²) in [5, 5.41) is 12.7. The molecule has 0 aliphatic carbocycles. The van der Waals surface area contributed by atoms with Gasteiger partial charge in [-0.3, -0.25) is 0 Å². The zero-order chi connectivity index (χ0) is 19.0. The molecule has 4 heterocycles. The molecule has 0 saturated heterocycles. The number of halogens is 2. The highest BCUT2D eigenvalue weighted by Crippen LogP contribution is 2.36. The Kier molecular flexibility index (Phi) is 4.48. The first-order valence-corrected chi connectivity index (χ1v) is 8.85. The summed E-state index contributed by atoms with van der Waals surface area (Å²) in [6.45, 7) is 1.45. The van der Waals surface area contributed by atoms with E-state index in [1.165, 1.54) is 29.9 Å². The molecule has 27 heavy (non-hydrogen) atoms. The molecule has 0 unspecified atom stereocenters. The van der Waals surface area contributed by atoms with Gasteiger partial charge in [0.1, 0.15) is 17.0 Å². The first-order valence-electron chi connectivity index (χ1n) is 8.03. The summed E-state index contributed by atoms with van der Waals surface area (Å²) in [5.41, 5.74) is 3.56. The average molecular weight is 388 g/mol. The molecule has 0 bridgehead atoms. The molecule has 0 saturated carbocycles. The highest BCUT2D eigenvalue weighted by molar-refractivity contribution is 7.25. The number of aromatic nitrogens is 5. The van der Waals surface area contributed by atoms with Crippen LogP contribution < -0.4 is 10.1 Å². The van der Waals surface area contributed by atoms with Gasteiger partial charge in [0.25, 0.3) is 0 Å². The van der Waals surface area contributed by atoms with Crippen molar-refractivity contribution in [3.63, 3.8) is 0 Å². The van der Waals surface area contributed by atoms with Crippen molar-refractivity contribution >= 4 is 37.6 Å². The second-order valence-electron chi connectivity index (χ2n) is 5.83. The molecular formula is C17H14F2N6OS. The largest absolute Gasteiger partial charge is 0.417 e. The predicted octanol–water partition coefficient (Wildman–Crippen LogP) is 3.86. The molecule has 0 fully saturated rings. The number of nitrogens with zero attached hydrogens (tertiary/aromatic N) is 5. The van der Waals surface area contributed by atoms with Gasteiger partial charge in [-0.05, 0) is 25.0 Å². The lowest BCUT2D eigenvalue weighted by Crippen LogP contribution is -2.05. The Balaban J connectivity index is 1.62. The van der Waals surface area contributed by atoms with E-state index < -0.39 is 6.61 Å². The van der Waals surface area contributed by atoms with Gasteiger partial charge in [-0.2, -0.15) is 13.9 Å². The number of ether oxygens (including phenoxy) is 1. The fourth-order valence-corrected chi connectivity index (χ4v) is 3.77. The number of fused-ring (bicyclic) bond motifs is 3. The Morgan fingerprint density at radius 3 is 2.74 bits per heavy atom. The van der Waals surface area contributed by atoms with Crippen molar-refractivity contribution in [1.29, 1.82) is 0 Å². The van der Waals surface area contributed by atoms with Gasteiger partial charge in [0.15, 0.2) is 0 Å². The minimum absolute atomic E-state index is 0.118. The number of rotatable bonds is 5. The molecule has 10 heteroatoms. The number of aryl methyl sites for hydroxylation is 2. The Bertz CT molecular complexity index is 1120. The van der Waals surface area contributed by atoms with Crippen LogP contribution in [-0.4, -0.2) is 31.8 Å². The van der Waals surface area contributed by atoms with E-state index in [2.05, 4.69) is 35.2 Å². The number of alkyl halides is 2. The normalized spacial score (nSPS) is 11.4. The van der Waals surface area contributed by atoms with E-state index in [1.807, 2.05) is 13.8 Å². The van der Waals surface area contributed by atoms with Crippen molar-refractivity contribution in [3.8, 4) is 5.88 Å². The Morgan fingerprint density at radius 1 is 1.15 bits per heavy atom. The SMILES string of the molecule is Cc1nnc2sc3c(NCc4ccc(OC(F)F)nc4)ncnc3c2c1C. The van der Waals surface area contributed by atoms with Gasteiger partial charge in [-0.25, -0.2) is 15.0 Å². The Morgan fingerprint density at radius 2 is 2.00 bits per heavy atom. The standard InChI is InChI=1S/C17H14F2N6OS/c1-8-9(2)24-25-16-12(8)13-14(27-16)15(23-7-22-13)21-6-10-3-4-11(20-5-10)26-17(18)19/h3-5,7,17H,6H2,1-2H3,(H,21,22,23). The van der Waals surface area contributed by atoms with Gasteiger partial charge in [-0.1, -0.05) is 6.07 Å². The monoisotopic (exact) mass is 388 g/mol. The molecule has 0 aliphatic rings. The van der Waals surface area contributed by atoms with Gasteiger partial charge in [-0.15, -0.1) is 16.4 Å². The third-order valence-corrected chi connectivity index (χ3v) is 5.20. The number of hydrogen-bond donors (Lipinski definition) is 1. The van der Waals surface area contributed by atoms with Crippen LogP contribution in [-0.2, 0) is 6.54 Å². The first kappa shape index (κ1) is 17.4. The van der Waals surface area contributed by atoms with Gasteiger partial charge in [0.2, 0.25) is 5.88 Å². The summed E-state index contributed by atoms with van der Waals surface area (Å²) in [6, 6.07) is 3.07. The van der Waals surface area contributed by atoms with Crippen molar-refractivity contribution in [3.05, 3.63) is 41.5 Å². The van der Waals surface area contributed by atoms with Crippen LogP contribution in [0.4, 0.5) is 14.6 Å². The van der Waals surface area contributed by atoms with E-state index in [-0.39, 0.29) is 5.88 Å². The minimum atomic E-state index is -2.89. The molecule has 1 N–H and O–H groups in total. The lowest BCUT2D eigenvalue weighted by Gasteiger charge is -2.07. The smallest absolute Gasteiger partial charge is 0.388 e. The third-order valence-electron chi connectivity index (χ3n) is 4.13. The second kappa shape index (κ2) is 6.95. The summed E-state index contributed by atoms with van der Waals surface area (Å²) in [5.74, 6) is 0.556. The quantitative estimate of drug-likeness (QED) is 0.556. The maximum absolute atomic E-state index is 12.2. The Hall–Kier alpha value is -3.01. The highest BCUT2D eigenvalue weighted by atomic mass is 32.1. The van der Waals surface area contributed by atoms with Gasteiger partial charge in [0.05, 0.1) is 15.9 Å². The zero-order valence-corrected chi connectivity index (χ0v) is 15.2. The summed E-state index contributed by atoms with van der Waals surface area (Å²) >= 11 is 1.48. The fraction of sp³-hybridized carbons (Fsp3) is 0.235. The van der Waals surface area contributed by atoms with Crippen LogP contribution in [0.15, 0.2) is 24.7 Å². The summed E-state index contributed by atoms with van der Waals surface area (Å²) in [6.07, 6.45) is 2.98. The van der Waals surface area contributed by atoms with Crippen molar-refractivity contribution < 1.29 is 13.5 Å². The zero-order valence-electron chi connectivity index (χ0n) is 14.4. The third kappa shape index (κ3) is 3.35.